The van der Waals surface area contributed by atoms with E-state index < -0.39 is 0 Å². The van der Waals surface area contributed by atoms with Gasteiger partial charge in [0.25, 0.3) is 0 Å². The van der Waals surface area contributed by atoms with Gasteiger partial charge in [0.15, 0.2) is 5.65 Å². The van der Waals surface area contributed by atoms with Crippen molar-refractivity contribution in [1.82, 2.24) is 14.6 Å². The molecule has 4 nitrogen and oxygen atoms in total. The number of fused-ring (bicyclic) bond motifs is 1. The highest BCUT2D eigenvalue weighted by Gasteiger charge is 2.24. The van der Waals surface area contributed by atoms with E-state index >= 15 is 0 Å². The lowest BCUT2D eigenvalue weighted by Gasteiger charge is -2.23. The molecule has 1 saturated carbocycles. The molecule has 1 aliphatic rings. The Hall–Kier alpha value is -1.58. The Bertz CT molecular complexity index is 470. The topological polar surface area (TPSA) is 56.2 Å². The van der Waals surface area contributed by atoms with Crippen LogP contribution >= 0.6 is 0 Å². The van der Waals surface area contributed by atoms with Gasteiger partial charge in [0, 0.05) is 17.8 Å². The summed E-state index contributed by atoms with van der Waals surface area (Å²) in [4.78, 5) is 0. The van der Waals surface area contributed by atoms with Crippen molar-refractivity contribution in [3.05, 3.63) is 24.2 Å². The lowest BCUT2D eigenvalue weighted by Crippen LogP contribution is -2.12. The van der Waals surface area contributed by atoms with Gasteiger partial charge in [0.05, 0.1) is 0 Å². The minimum atomic E-state index is 0.590. The highest BCUT2D eigenvalue weighted by Crippen LogP contribution is 2.35. The van der Waals surface area contributed by atoms with Gasteiger partial charge >= 0.3 is 0 Å². The van der Waals surface area contributed by atoms with E-state index in [0.29, 0.717) is 5.92 Å². The zero-order valence-electron chi connectivity index (χ0n) is 7.85. The summed E-state index contributed by atoms with van der Waals surface area (Å²) in [5, 5.41) is 8.34. The summed E-state index contributed by atoms with van der Waals surface area (Å²) in [5.41, 5.74) is 7.39. The number of nitrogens with two attached hydrogens (primary N) is 1. The molecular weight excluding hydrogens is 176 g/mol. The third-order valence-corrected chi connectivity index (χ3v) is 2.92. The molecule has 0 aliphatic heterocycles. The number of anilines is 1. The molecule has 0 atom stereocenters. The molecule has 0 unspecified atom stereocenters. The molecule has 3 rings (SSSR count). The Labute approximate surface area is 81.8 Å². The third-order valence-electron chi connectivity index (χ3n) is 2.92. The first-order valence-corrected chi connectivity index (χ1v) is 4.95. The molecule has 1 fully saturated rings. The first-order chi connectivity index (χ1) is 6.84. The highest BCUT2D eigenvalue weighted by molar-refractivity contribution is 5.47. The summed E-state index contributed by atoms with van der Waals surface area (Å²) < 4.78 is 2.01. The molecule has 0 radical (unpaired) electrons. The minimum absolute atomic E-state index is 0.590. The smallest absolute Gasteiger partial charge is 0.160 e. The lowest BCUT2D eigenvalue weighted by molar-refractivity contribution is 0.399. The van der Waals surface area contributed by atoms with Crippen LogP contribution in [0.2, 0.25) is 0 Å². The van der Waals surface area contributed by atoms with E-state index in [4.69, 9.17) is 5.73 Å². The van der Waals surface area contributed by atoms with Crippen molar-refractivity contribution in [3.8, 4) is 0 Å². The first-order valence-electron chi connectivity index (χ1n) is 4.95. The van der Waals surface area contributed by atoms with Gasteiger partial charge in [-0.1, -0.05) is 6.42 Å². The zero-order valence-corrected chi connectivity index (χ0v) is 7.85. The van der Waals surface area contributed by atoms with Crippen molar-refractivity contribution < 1.29 is 0 Å². The van der Waals surface area contributed by atoms with Crippen LogP contribution in [0.3, 0.4) is 0 Å². The number of pyridine rings is 1. The molecular formula is C10H12N4. The molecule has 0 aromatic carbocycles. The number of nitrogens with zero attached hydrogens (tertiary/aromatic N) is 3. The van der Waals surface area contributed by atoms with Gasteiger partial charge in [0.2, 0.25) is 0 Å². The molecule has 4 heteroatoms. The van der Waals surface area contributed by atoms with Crippen LogP contribution in [0.1, 0.15) is 31.0 Å². The summed E-state index contributed by atoms with van der Waals surface area (Å²) in [6, 6.07) is 3.76. The molecule has 14 heavy (non-hydrogen) atoms. The van der Waals surface area contributed by atoms with Crippen LogP contribution in [0.15, 0.2) is 18.3 Å². The number of nitrogen functional groups attached to an aromatic ring is 1. The normalized spacial score (nSPS) is 17.1. The van der Waals surface area contributed by atoms with E-state index in [0.717, 1.165) is 17.2 Å². The molecule has 2 aromatic heterocycles. The van der Waals surface area contributed by atoms with Crippen molar-refractivity contribution in [2.24, 2.45) is 0 Å². The minimum Gasteiger partial charge on any atom is -0.398 e. The molecule has 0 spiro atoms. The number of aromatic nitrogens is 3. The largest absolute Gasteiger partial charge is 0.398 e. The van der Waals surface area contributed by atoms with Gasteiger partial charge in [-0.15, -0.1) is 10.2 Å². The van der Waals surface area contributed by atoms with Crippen LogP contribution in [0.25, 0.3) is 5.65 Å². The van der Waals surface area contributed by atoms with Crippen LogP contribution in [0.5, 0.6) is 0 Å². The Morgan fingerprint density at radius 3 is 2.86 bits per heavy atom. The van der Waals surface area contributed by atoms with Crippen LogP contribution in [-0.4, -0.2) is 14.6 Å². The fourth-order valence-electron chi connectivity index (χ4n) is 1.87. The maximum absolute atomic E-state index is 5.74. The SMILES string of the molecule is Nc1ccc2nnc(C3CCC3)n2c1. The zero-order chi connectivity index (χ0) is 9.54. The van der Waals surface area contributed by atoms with Gasteiger partial charge in [-0.2, -0.15) is 0 Å². The molecule has 2 heterocycles. The standard InChI is InChI=1S/C10H12N4/c11-8-4-5-9-12-13-10(14(9)6-8)7-2-1-3-7/h4-7H,1-3,11H2. The van der Waals surface area contributed by atoms with Gasteiger partial charge in [-0.3, -0.25) is 4.40 Å². The summed E-state index contributed by atoms with van der Waals surface area (Å²) in [6.45, 7) is 0. The molecule has 2 aromatic rings. The summed E-state index contributed by atoms with van der Waals surface area (Å²) in [6.07, 6.45) is 5.68. The van der Waals surface area contributed by atoms with Crippen LogP contribution in [0, 0.1) is 0 Å². The van der Waals surface area contributed by atoms with Crippen LogP contribution in [-0.2, 0) is 0 Å². The third kappa shape index (κ3) is 0.999. The monoisotopic (exact) mass is 188 g/mol. The van der Waals surface area contributed by atoms with Crippen LogP contribution < -0.4 is 5.73 Å². The first kappa shape index (κ1) is 7.79. The summed E-state index contributed by atoms with van der Waals surface area (Å²) in [5.74, 6) is 1.66. The number of hydrogen-bond acceptors (Lipinski definition) is 3. The molecule has 0 amide bonds. The quantitative estimate of drug-likeness (QED) is 0.739. The Kier molecular flexibility index (Phi) is 1.50. The second-order valence-electron chi connectivity index (χ2n) is 3.88. The average molecular weight is 188 g/mol. The predicted molar refractivity (Wildman–Crippen MR) is 54.0 cm³/mol. The van der Waals surface area contributed by atoms with E-state index in [1.54, 1.807) is 0 Å². The van der Waals surface area contributed by atoms with Gasteiger partial charge in [-0.05, 0) is 25.0 Å². The van der Waals surface area contributed by atoms with Crippen molar-refractivity contribution in [3.63, 3.8) is 0 Å². The fraction of sp³-hybridized carbons (Fsp3) is 0.400. The number of rotatable bonds is 1. The van der Waals surface area contributed by atoms with Gasteiger partial charge in [-0.25, -0.2) is 0 Å². The van der Waals surface area contributed by atoms with E-state index in [-0.39, 0.29) is 0 Å². The van der Waals surface area contributed by atoms with Crippen molar-refractivity contribution >= 4 is 11.3 Å². The maximum Gasteiger partial charge on any atom is 0.160 e. The average Bonchev–Trinajstić information content (AvgIpc) is 2.46. The molecule has 0 bridgehead atoms. The Balaban J connectivity index is 2.18. The predicted octanol–water partition coefficient (Wildman–Crippen LogP) is 1.58. The molecule has 2 N–H and O–H groups in total. The van der Waals surface area contributed by atoms with Gasteiger partial charge < -0.3 is 5.73 Å². The Morgan fingerprint density at radius 2 is 2.14 bits per heavy atom. The fourth-order valence-corrected chi connectivity index (χ4v) is 1.87. The Morgan fingerprint density at radius 1 is 1.29 bits per heavy atom. The highest BCUT2D eigenvalue weighted by atomic mass is 15.2. The lowest BCUT2D eigenvalue weighted by atomic mass is 9.85. The maximum atomic E-state index is 5.74. The van der Waals surface area contributed by atoms with Crippen molar-refractivity contribution in [1.29, 1.82) is 0 Å². The van der Waals surface area contributed by atoms with Crippen molar-refractivity contribution in [2.75, 3.05) is 5.73 Å². The second-order valence-corrected chi connectivity index (χ2v) is 3.88. The van der Waals surface area contributed by atoms with E-state index in [1.807, 2.05) is 22.7 Å². The molecule has 1 aliphatic carbocycles. The van der Waals surface area contributed by atoms with Gasteiger partial charge in [0.1, 0.15) is 5.82 Å². The van der Waals surface area contributed by atoms with Crippen LogP contribution in [0.4, 0.5) is 5.69 Å². The molecule has 0 saturated heterocycles. The molecule has 72 valence electrons. The summed E-state index contributed by atoms with van der Waals surface area (Å²) >= 11 is 0. The summed E-state index contributed by atoms with van der Waals surface area (Å²) in [7, 11) is 0. The number of hydrogen-bond donors (Lipinski definition) is 1. The second kappa shape index (κ2) is 2.70. The van der Waals surface area contributed by atoms with E-state index in [9.17, 15) is 0 Å². The van der Waals surface area contributed by atoms with E-state index in [1.165, 1.54) is 19.3 Å². The van der Waals surface area contributed by atoms with E-state index in [2.05, 4.69) is 10.2 Å². The van der Waals surface area contributed by atoms with Crippen molar-refractivity contribution in [2.45, 2.75) is 25.2 Å².